The van der Waals surface area contributed by atoms with Gasteiger partial charge < -0.3 is 5.11 Å². The smallest absolute Gasteiger partial charge is 0.124 e. The van der Waals surface area contributed by atoms with Gasteiger partial charge in [-0.15, -0.1) is 11.3 Å². The van der Waals surface area contributed by atoms with Crippen molar-refractivity contribution >= 4 is 27.3 Å². The highest BCUT2D eigenvalue weighted by molar-refractivity contribution is 9.10. The summed E-state index contributed by atoms with van der Waals surface area (Å²) in [6.45, 7) is 5.88. The molecule has 0 fully saturated rings. The third-order valence-electron chi connectivity index (χ3n) is 2.75. The molecule has 0 radical (unpaired) electrons. The van der Waals surface area contributed by atoms with Gasteiger partial charge in [0.15, 0.2) is 0 Å². The number of aliphatic hydroxyl groups is 1. The maximum absolute atomic E-state index is 10.7. The van der Waals surface area contributed by atoms with Gasteiger partial charge in [0.25, 0.3) is 0 Å². The van der Waals surface area contributed by atoms with E-state index in [4.69, 9.17) is 0 Å². The van der Waals surface area contributed by atoms with E-state index < -0.39 is 5.60 Å². The molecule has 90 valence electrons. The molecule has 0 aliphatic carbocycles. The van der Waals surface area contributed by atoms with Crippen LogP contribution in [0.2, 0.25) is 0 Å². The minimum atomic E-state index is -1.00. The lowest BCUT2D eigenvalue weighted by Crippen LogP contribution is -2.22. The third-order valence-corrected chi connectivity index (χ3v) is 4.65. The Morgan fingerprint density at radius 1 is 1.24 bits per heavy atom. The maximum atomic E-state index is 10.7. The molecule has 1 N–H and O–H groups in total. The van der Waals surface area contributed by atoms with Crippen molar-refractivity contribution in [3.8, 4) is 0 Å². The fourth-order valence-corrected chi connectivity index (χ4v) is 3.60. The first kappa shape index (κ1) is 12.7. The first-order valence-corrected chi connectivity index (χ1v) is 6.99. The van der Waals surface area contributed by atoms with Gasteiger partial charge in [-0.1, -0.05) is 29.3 Å². The third kappa shape index (κ3) is 2.44. The minimum Gasteiger partial charge on any atom is -0.380 e. The standard InChI is InChI=1S/C13H14BrNOS/c1-8-4-9(2)6-10(5-8)13(3,16)11-12(14)15-7-17-11/h4-7,16H,1-3H3. The SMILES string of the molecule is Cc1cc(C)cc(C(C)(O)c2scnc2Br)c1. The van der Waals surface area contributed by atoms with Crippen LogP contribution >= 0.6 is 27.3 Å². The van der Waals surface area contributed by atoms with Gasteiger partial charge >= 0.3 is 0 Å². The van der Waals surface area contributed by atoms with Crippen molar-refractivity contribution in [3.05, 3.63) is 49.9 Å². The Bertz CT molecular complexity index is 528. The predicted molar refractivity (Wildman–Crippen MR) is 74.4 cm³/mol. The van der Waals surface area contributed by atoms with Crippen LogP contribution in [0.25, 0.3) is 0 Å². The van der Waals surface area contributed by atoms with Gasteiger partial charge in [-0.05, 0) is 42.3 Å². The van der Waals surface area contributed by atoms with Crippen LogP contribution < -0.4 is 0 Å². The summed E-state index contributed by atoms with van der Waals surface area (Å²) in [7, 11) is 0. The fourth-order valence-electron chi connectivity index (χ4n) is 1.94. The molecular weight excluding hydrogens is 298 g/mol. The zero-order chi connectivity index (χ0) is 12.6. The largest absolute Gasteiger partial charge is 0.380 e. The van der Waals surface area contributed by atoms with Crippen LogP contribution in [0, 0.1) is 13.8 Å². The Morgan fingerprint density at radius 2 is 1.82 bits per heavy atom. The van der Waals surface area contributed by atoms with E-state index >= 15 is 0 Å². The van der Waals surface area contributed by atoms with E-state index in [9.17, 15) is 5.11 Å². The highest BCUT2D eigenvalue weighted by atomic mass is 79.9. The minimum absolute atomic E-state index is 0.714. The van der Waals surface area contributed by atoms with E-state index in [0.29, 0.717) is 4.60 Å². The van der Waals surface area contributed by atoms with Gasteiger partial charge in [-0.3, -0.25) is 0 Å². The van der Waals surface area contributed by atoms with Crippen molar-refractivity contribution in [3.63, 3.8) is 0 Å². The second-order valence-electron chi connectivity index (χ2n) is 4.42. The lowest BCUT2D eigenvalue weighted by atomic mass is 9.92. The zero-order valence-corrected chi connectivity index (χ0v) is 12.4. The van der Waals surface area contributed by atoms with E-state index in [1.165, 1.54) is 11.3 Å². The number of hydrogen-bond acceptors (Lipinski definition) is 3. The average molecular weight is 312 g/mol. The number of benzene rings is 1. The van der Waals surface area contributed by atoms with Gasteiger partial charge in [0, 0.05) is 0 Å². The van der Waals surface area contributed by atoms with E-state index in [1.54, 1.807) is 12.4 Å². The molecule has 0 amide bonds. The average Bonchev–Trinajstić information content (AvgIpc) is 2.63. The second kappa shape index (κ2) is 4.52. The summed E-state index contributed by atoms with van der Waals surface area (Å²) < 4.78 is 0.714. The highest BCUT2D eigenvalue weighted by Crippen LogP contribution is 2.36. The normalized spacial score (nSPS) is 14.6. The van der Waals surface area contributed by atoms with Crippen molar-refractivity contribution in [2.45, 2.75) is 26.4 Å². The second-order valence-corrected chi connectivity index (χ2v) is 6.03. The highest BCUT2D eigenvalue weighted by Gasteiger charge is 2.30. The van der Waals surface area contributed by atoms with E-state index in [1.807, 2.05) is 26.0 Å². The molecule has 1 heterocycles. The summed E-state index contributed by atoms with van der Waals surface area (Å²) in [6, 6.07) is 6.12. The molecule has 17 heavy (non-hydrogen) atoms. The number of halogens is 1. The topological polar surface area (TPSA) is 33.1 Å². The lowest BCUT2D eigenvalue weighted by molar-refractivity contribution is 0.105. The van der Waals surface area contributed by atoms with Crippen molar-refractivity contribution < 1.29 is 5.11 Å². The Kier molecular flexibility index (Phi) is 3.39. The van der Waals surface area contributed by atoms with Crippen LogP contribution in [0.1, 0.15) is 28.5 Å². The van der Waals surface area contributed by atoms with Crippen LogP contribution in [0.3, 0.4) is 0 Å². The number of rotatable bonds is 2. The number of nitrogens with zero attached hydrogens (tertiary/aromatic N) is 1. The first-order valence-electron chi connectivity index (χ1n) is 5.32. The van der Waals surface area contributed by atoms with Gasteiger partial charge in [0.1, 0.15) is 10.2 Å². The van der Waals surface area contributed by atoms with E-state index in [0.717, 1.165) is 21.6 Å². The summed E-state index contributed by atoms with van der Waals surface area (Å²) in [5, 5.41) is 10.7. The van der Waals surface area contributed by atoms with Gasteiger partial charge in [-0.2, -0.15) is 0 Å². The monoisotopic (exact) mass is 311 g/mol. The molecule has 0 aliphatic heterocycles. The molecular formula is C13H14BrNOS. The maximum Gasteiger partial charge on any atom is 0.124 e. The van der Waals surface area contributed by atoms with Crippen LogP contribution in [-0.4, -0.2) is 10.1 Å². The summed E-state index contributed by atoms with van der Waals surface area (Å²) in [6.07, 6.45) is 0. The van der Waals surface area contributed by atoms with Gasteiger partial charge in [0.05, 0.1) is 10.4 Å². The van der Waals surface area contributed by atoms with Crippen LogP contribution in [-0.2, 0) is 5.60 Å². The quantitative estimate of drug-likeness (QED) is 0.915. The summed E-state index contributed by atoms with van der Waals surface area (Å²) in [4.78, 5) is 4.96. The summed E-state index contributed by atoms with van der Waals surface area (Å²) in [5.74, 6) is 0. The molecule has 0 bridgehead atoms. The number of hydrogen-bond donors (Lipinski definition) is 1. The summed E-state index contributed by atoms with van der Waals surface area (Å²) >= 11 is 4.83. The number of aromatic nitrogens is 1. The molecule has 1 atom stereocenters. The molecule has 2 rings (SSSR count). The number of aryl methyl sites for hydroxylation is 2. The first-order chi connectivity index (χ1) is 7.91. The molecule has 4 heteroatoms. The van der Waals surface area contributed by atoms with Crippen molar-refractivity contribution in [2.24, 2.45) is 0 Å². The Labute approximate surface area is 113 Å². The molecule has 2 nitrogen and oxygen atoms in total. The molecule has 0 spiro atoms. The summed E-state index contributed by atoms with van der Waals surface area (Å²) in [5.41, 5.74) is 3.94. The zero-order valence-electron chi connectivity index (χ0n) is 9.99. The Balaban J connectivity index is 2.55. The molecule has 0 aliphatic rings. The van der Waals surface area contributed by atoms with Crippen LogP contribution in [0.5, 0.6) is 0 Å². The van der Waals surface area contributed by atoms with E-state index in [2.05, 4.69) is 27.0 Å². The molecule has 1 aromatic heterocycles. The predicted octanol–water partition coefficient (Wildman–Crippen LogP) is 3.78. The van der Waals surface area contributed by atoms with Crippen LogP contribution in [0.4, 0.5) is 0 Å². The van der Waals surface area contributed by atoms with Gasteiger partial charge in [0.2, 0.25) is 0 Å². The van der Waals surface area contributed by atoms with E-state index in [-0.39, 0.29) is 0 Å². The molecule has 1 unspecified atom stereocenters. The molecule has 0 saturated carbocycles. The fraction of sp³-hybridized carbons (Fsp3) is 0.308. The van der Waals surface area contributed by atoms with Crippen molar-refractivity contribution in [1.29, 1.82) is 0 Å². The molecule has 1 aromatic carbocycles. The lowest BCUT2D eigenvalue weighted by Gasteiger charge is -2.23. The number of thiazole rings is 1. The van der Waals surface area contributed by atoms with Gasteiger partial charge in [-0.25, -0.2) is 4.98 Å². The van der Waals surface area contributed by atoms with Crippen molar-refractivity contribution in [2.75, 3.05) is 0 Å². The molecule has 2 aromatic rings. The Morgan fingerprint density at radius 3 is 2.29 bits per heavy atom. The van der Waals surface area contributed by atoms with Crippen LogP contribution in [0.15, 0.2) is 28.3 Å². The Hall–Kier alpha value is -0.710. The molecule has 0 saturated heterocycles. The van der Waals surface area contributed by atoms with Crippen molar-refractivity contribution in [1.82, 2.24) is 4.98 Å².